The van der Waals surface area contributed by atoms with Crippen LogP contribution in [0.3, 0.4) is 0 Å². The average Bonchev–Trinajstić information content (AvgIpc) is 2.82. The van der Waals surface area contributed by atoms with Gasteiger partial charge >= 0.3 is 0 Å². The summed E-state index contributed by atoms with van der Waals surface area (Å²) in [5, 5.41) is 7.26. The van der Waals surface area contributed by atoms with Crippen LogP contribution in [0.25, 0.3) is 0 Å². The second-order valence-corrected chi connectivity index (χ2v) is 8.88. The van der Waals surface area contributed by atoms with Crippen molar-refractivity contribution >= 4 is 17.5 Å². The molecule has 24 heavy (non-hydrogen) atoms. The summed E-state index contributed by atoms with van der Waals surface area (Å²) in [6.07, 6.45) is 10.9. The minimum absolute atomic E-state index is 0.108. The van der Waals surface area contributed by atoms with E-state index in [0.717, 1.165) is 42.0 Å². The molecule has 1 heterocycles. The highest BCUT2D eigenvalue weighted by Crippen LogP contribution is 2.61. The van der Waals surface area contributed by atoms with Crippen LogP contribution in [0.5, 0.6) is 0 Å². The van der Waals surface area contributed by atoms with Crippen molar-refractivity contribution in [1.29, 1.82) is 0 Å². The molecule has 0 aromatic carbocycles. The number of hydrogen-bond donors (Lipinski definition) is 1. The molecule has 0 aliphatic heterocycles. The Morgan fingerprint density at radius 1 is 1.25 bits per heavy atom. The largest absolute Gasteiger partial charge is 0.356 e. The lowest BCUT2D eigenvalue weighted by Gasteiger charge is -2.57. The van der Waals surface area contributed by atoms with Gasteiger partial charge in [0, 0.05) is 18.5 Å². The Morgan fingerprint density at radius 3 is 2.42 bits per heavy atom. The molecule has 4 bridgehead atoms. The van der Waals surface area contributed by atoms with Crippen molar-refractivity contribution < 1.29 is 9.32 Å². The molecule has 0 unspecified atom stereocenters. The van der Waals surface area contributed by atoms with Gasteiger partial charge in [0.15, 0.2) is 0 Å². The van der Waals surface area contributed by atoms with Crippen LogP contribution < -0.4 is 5.32 Å². The molecule has 0 spiro atoms. The van der Waals surface area contributed by atoms with Crippen LogP contribution in [0.15, 0.2) is 4.52 Å². The van der Waals surface area contributed by atoms with E-state index in [4.69, 9.17) is 16.1 Å². The summed E-state index contributed by atoms with van der Waals surface area (Å²) >= 11 is 5.95. The van der Waals surface area contributed by atoms with Gasteiger partial charge in [-0.15, -0.1) is 0 Å². The Balaban J connectivity index is 1.23. The van der Waals surface area contributed by atoms with Gasteiger partial charge in [0.25, 0.3) is 0 Å². The summed E-state index contributed by atoms with van der Waals surface area (Å²) in [6, 6.07) is 0. The highest BCUT2D eigenvalue weighted by atomic mass is 35.5. The van der Waals surface area contributed by atoms with Crippen LogP contribution >= 0.6 is 11.6 Å². The quantitative estimate of drug-likeness (QED) is 0.832. The number of nitrogens with zero attached hydrogens (tertiary/aromatic N) is 1. The summed E-state index contributed by atoms with van der Waals surface area (Å²) in [5.74, 6) is 3.04. The SMILES string of the molecule is Cc1noc(Cl)c1CCC(=O)NCCC12CC3CC(CC(C3)C1)C2. The van der Waals surface area contributed by atoms with E-state index in [-0.39, 0.29) is 5.91 Å². The van der Waals surface area contributed by atoms with E-state index < -0.39 is 0 Å². The first-order valence-electron chi connectivity index (χ1n) is 9.40. The minimum Gasteiger partial charge on any atom is -0.356 e. The summed E-state index contributed by atoms with van der Waals surface area (Å²) in [6.45, 7) is 2.68. The topological polar surface area (TPSA) is 55.1 Å². The molecule has 0 saturated heterocycles. The lowest BCUT2D eigenvalue weighted by molar-refractivity contribution is -0.121. The van der Waals surface area contributed by atoms with Crippen LogP contribution in [-0.2, 0) is 11.2 Å². The molecular weight excluding hydrogens is 324 g/mol. The third-order valence-electron chi connectivity index (χ3n) is 6.68. The Kier molecular flexibility index (Phi) is 4.36. The van der Waals surface area contributed by atoms with Gasteiger partial charge in [0.1, 0.15) is 0 Å². The first-order chi connectivity index (χ1) is 11.5. The maximum Gasteiger partial charge on any atom is 0.229 e. The van der Waals surface area contributed by atoms with E-state index in [2.05, 4.69) is 10.5 Å². The smallest absolute Gasteiger partial charge is 0.229 e. The molecule has 0 atom stereocenters. The number of amides is 1. The minimum atomic E-state index is 0.108. The number of hydrogen-bond acceptors (Lipinski definition) is 3. The summed E-state index contributed by atoms with van der Waals surface area (Å²) in [5.41, 5.74) is 2.17. The summed E-state index contributed by atoms with van der Waals surface area (Å²) < 4.78 is 4.93. The monoisotopic (exact) mass is 350 g/mol. The second-order valence-electron chi connectivity index (χ2n) is 8.54. The first kappa shape index (κ1) is 16.4. The molecule has 4 aliphatic carbocycles. The predicted octanol–water partition coefficient (Wildman–Crippen LogP) is 4.29. The molecule has 4 aliphatic rings. The number of rotatable bonds is 6. The maximum atomic E-state index is 12.1. The van der Waals surface area contributed by atoms with E-state index in [1.54, 1.807) is 0 Å². The van der Waals surface area contributed by atoms with Crippen molar-refractivity contribution in [2.75, 3.05) is 6.54 Å². The molecule has 132 valence electrons. The predicted molar refractivity (Wildman–Crippen MR) is 92.8 cm³/mol. The fourth-order valence-corrected chi connectivity index (χ4v) is 6.30. The molecule has 4 nitrogen and oxygen atoms in total. The number of aryl methyl sites for hydroxylation is 1. The van der Waals surface area contributed by atoms with E-state index >= 15 is 0 Å². The number of halogens is 1. The fraction of sp³-hybridized carbons (Fsp3) is 0.789. The maximum absolute atomic E-state index is 12.1. The van der Waals surface area contributed by atoms with Crippen LogP contribution in [0.1, 0.15) is 62.6 Å². The van der Waals surface area contributed by atoms with Gasteiger partial charge in [-0.2, -0.15) is 0 Å². The lowest BCUT2D eigenvalue weighted by Crippen LogP contribution is -2.47. The molecule has 0 radical (unpaired) electrons. The van der Waals surface area contributed by atoms with Gasteiger partial charge in [-0.1, -0.05) is 5.16 Å². The normalized spacial score (nSPS) is 33.8. The zero-order chi connectivity index (χ0) is 16.7. The van der Waals surface area contributed by atoms with Gasteiger partial charge in [0.05, 0.1) is 5.69 Å². The Hall–Kier alpha value is -1.03. The first-order valence-corrected chi connectivity index (χ1v) is 9.78. The van der Waals surface area contributed by atoms with Crippen molar-refractivity contribution in [2.45, 2.75) is 64.7 Å². The number of carbonyl (C=O) groups is 1. The van der Waals surface area contributed by atoms with Crippen molar-refractivity contribution in [3.63, 3.8) is 0 Å². The van der Waals surface area contributed by atoms with Crippen LogP contribution in [0.4, 0.5) is 0 Å². The van der Waals surface area contributed by atoms with Crippen molar-refractivity contribution in [3.8, 4) is 0 Å². The standard InChI is InChI=1S/C19H27ClN2O2/c1-12-16(18(20)24-22-12)2-3-17(23)21-5-4-19-9-13-6-14(10-19)8-15(7-13)11-19/h13-15H,2-11H2,1H3,(H,21,23). The highest BCUT2D eigenvalue weighted by molar-refractivity contribution is 6.29. The zero-order valence-corrected chi connectivity index (χ0v) is 15.2. The third kappa shape index (κ3) is 3.22. The molecule has 5 heteroatoms. The molecular formula is C19H27ClN2O2. The highest BCUT2D eigenvalue weighted by Gasteiger charge is 2.50. The molecule has 1 N–H and O–H groups in total. The van der Waals surface area contributed by atoms with Crippen molar-refractivity contribution in [3.05, 3.63) is 16.5 Å². The number of nitrogens with one attached hydrogen (secondary N) is 1. The zero-order valence-electron chi connectivity index (χ0n) is 14.4. The van der Waals surface area contributed by atoms with Crippen LogP contribution in [0, 0.1) is 30.1 Å². The summed E-state index contributed by atoms with van der Waals surface area (Å²) in [4.78, 5) is 12.1. The van der Waals surface area contributed by atoms with Crippen LogP contribution in [0.2, 0.25) is 5.22 Å². The number of aromatic nitrogens is 1. The Morgan fingerprint density at radius 2 is 1.88 bits per heavy atom. The third-order valence-corrected chi connectivity index (χ3v) is 6.98. The van der Waals surface area contributed by atoms with Crippen LogP contribution in [-0.4, -0.2) is 17.6 Å². The van der Waals surface area contributed by atoms with Gasteiger partial charge < -0.3 is 9.84 Å². The average molecular weight is 351 g/mol. The fourth-order valence-electron chi connectivity index (χ4n) is 6.03. The summed E-state index contributed by atoms with van der Waals surface area (Å²) in [7, 11) is 0. The van der Waals surface area contributed by atoms with E-state index in [1.165, 1.54) is 38.5 Å². The Bertz CT molecular complexity index is 570. The molecule has 4 saturated carbocycles. The molecule has 1 aromatic heterocycles. The number of carbonyl (C=O) groups excluding carboxylic acids is 1. The van der Waals surface area contributed by atoms with Gasteiger partial charge in [-0.3, -0.25) is 4.79 Å². The van der Waals surface area contributed by atoms with Crippen molar-refractivity contribution in [2.24, 2.45) is 23.2 Å². The second kappa shape index (κ2) is 6.36. The molecule has 5 rings (SSSR count). The van der Waals surface area contributed by atoms with E-state index in [9.17, 15) is 4.79 Å². The lowest BCUT2D eigenvalue weighted by atomic mass is 9.49. The van der Waals surface area contributed by atoms with Crippen molar-refractivity contribution in [1.82, 2.24) is 10.5 Å². The van der Waals surface area contributed by atoms with E-state index in [1.807, 2.05) is 6.92 Å². The van der Waals surface area contributed by atoms with Gasteiger partial charge in [-0.25, -0.2) is 0 Å². The van der Waals surface area contributed by atoms with E-state index in [0.29, 0.717) is 23.5 Å². The molecule has 4 fully saturated rings. The molecule has 1 amide bonds. The Labute approximate surface area is 148 Å². The molecule has 1 aromatic rings. The van der Waals surface area contributed by atoms with Gasteiger partial charge in [0.2, 0.25) is 11.1 Å². The van der Waals surface area contributed by atoms with Gasteiger partial charge in [-0.05, 0) is 93.1 Å².